The van der Waals surface area contributed by atoms with Crippen molar-refractivity contribution in [1.29, 1.82) is 0 Å². The maximum atomic E-state index is 13.0. The summed E-state index contributed by atoms with van der Waals surface area (Å²) in [5.74, 6) is 0.100. The van der Waals surface area contributed by atoms with Gasteiger partial charge >= 0.3 is 0 Å². The second-order valence-electron chi connectivity index (χ2n) is 8.70. The number of anilines is 1. The first kappa shape index (κ1) is 21.5. The second-order valence-corrected chi connectivity index (χ2v) is 8.70. The van der Waals surface area contributed by atoms with Crippen LogP contribution in [0.1, 0.15) is 35.6 Å². The van der Waals surface area contributed by atoms with Crippen LogP contribution in [0.15, 0.2) is 48.5 Å². The van der Waals surface area contributed by atoms with E-state index in [-0.39, 0.29) is 17.9 Å². The minimum absolute atomic E-state index is 0.00763. The molecule has 0 unspecified atom stereocenters. The molecule has 1 heterocycles. The standard InChI is InChI=1S/C25H32N4O2/c1-18-7-6-10-22(19(18)2)27-23(30)17-28-13-15-29(16-14-28)24(20-8-4-3-5-9-20)25(31)26-21-11-12-21/h3-10,21,24H,11-17H2,1-2H3,(H,26,31)(H,27,30)/t24-/m0/s1. The molecule has 0 aromatic heterocycles. The van der Waals surface area contributed by atoms with Crippen LogP contribution in [0.3, 0.4) is 0 Å². The summed E-state index contributed by atoms with van der Waals surface area (Å²) in [4.78, 5) is 30.0. The number of aryl methyl sites for hydroxylation is 1. The van der Waals surface area contributed by atoms with Crippen molar-refractivity contribution < 1.29 is 9.59 Å². The van der Waals surface area contributed by atoms with E-state index in [1.165, 1.54) is 5.56 Å². The van der Waals surface area contributed by atoms with Gasteiger partial charge in [0.1, 0.15) is 6.04 Å². The molecule has 1 aliphatic heterocycles. The lowest BCUT2D eigenvalue weighted by Gasteiger charge is -2.38. The number of piperazine rings is 1. The van der Waals surface area contributed by atoms with E-state index in [1.807, 2.05) is 62.4 Å². The highest BCUT2D eigenvalue weighted by Crippen LogP contribution is 2.26. The topological polar surface area (TPSA) is 64.7 Å². The van der Waals surface area contributed by atoms with Gasteiger partial charge in [-0.1, -0.05) is 42.5 Å². The third-order valence-corrected chi connectivity index (χ3v) is 6.31. The summed E-state index contributed by atoms with van der Waals surface area (Å²) >= 11 is 0. The van der Waals surface area contributed by atoms with Crippen molar-refractivity contribution in [1.82, 2.24) is 15.1 Å². The van der Waals surface area contributed by atoms with Crippen molar-refractivity contribution in [2.45, 2.75) is 38.8 Å². The monoisotopic (exact) mass is 420 g/mol. The summed E-state index contributed by atoms with van der Waals surface area (Å²) in [6.07, 6.45) is 2.16. The van der Waals surface area contributed by atoms with Crippen molar-refractivity contribution in [3.05, 3.63) is 65.2 Å². The Morgan fingerprint density at radius 1 is 0.968 bits per heavy atom. The molecule has 6 nitrogen and oxygen atoms in total. The Kier molecular flexibility index (Phi) is 6.68. The average Bonchev–Trinajstić information content (AvgIpc) is 3.57. The zero-order valence-corrected chi connectivity index (χ0v) is 18.4. The quantitative estimate of drug-likeness (QED) is 0.723. The molecule has 1 atom stereocenters. The van der Waals surface area contributed by atoms with Gasteiger partial charge in [0, 0.05) is 37.9 Å². The molecule has 2 aromatic rings. The minimum Gasteiger partial charge on any atom is -0.352 e. The molecule has 31 heavy (non-hydrogen) atoms. The van der Waals surface area contributed by atoms with Crippen LogP contribution in [-0.4, -0.2) is 60.4 Å². The molecular weight excluding hydrogens is 388 g/mol. The van der Waals surface area contributed by atoms with Crippen LogP contribution in [0, 0.1) is 13.8 Å². The van der Waals surface area contributed by atoms with Gasteiger partial charge in [0.2, 0.25) is 11.8 Å². The van der Waals surface area contributed by atoms with Crippen LogP contribution in [0.25, 0.3) is 0 Å². The highest BCUT2D eigenvalue weighted by molar-refractivity contribution is 5.93. The normalized spacial score (nSPS) is 18.4. The lowest BCUT2D eigenvalue weighted by molar-refractivity contribution is -0.128. The maximum Gasteiger partial charge on any atom is 0.242 e. The van der Waals surface area contributed by atoms with Crippen LogP contribution in [-0.2, 0) is 9.59 Å². The fraction of sp³-hybridized carbons (Fsp3) is 0.440. The Morgan fingerprint density at radius 3 is 2.35 bits per heavy atom. The Hall–Kier alpha value is -2.70. The van der Waals surface area contributed by atoms with Crippen molar-refractivity contribution in [3.63, 3.8) is 0 Å². The minimum atomic E-state index is -0.271. The van der Waals surface area contributed by atoms with Crippen LogP contribution < -0.4 is 10.6 Å². The molecule has 4 rings (SSSR count). The number of carbonyl (C=O) groups excluding carboxylic acids is 2. The van der Waals surface area contributed by atoms with Crippen molar-refractivity contribution in [3.8, 4) is 0 Å². The van der Waals surface area contributed by atoms with Crippen LogP contribution in [0.5, 0.6) is 0 Å². The number of carbonyl (C=O) groups is 2. The molecule has 2 amide bonds. The predicted molar refractivity (Wildman–Crippen MR) is 123 cm³/mol. The molecule has 164 valence electrons. The number of rotatable bonds is 7. The van der Waals surface area contributed by atoms with E-state index in [0.717, 1.165) is 55.8 Å². The number of nitrogens with one attached hydrogen (secondary N) is 2. The largest absolute Gasteiger partial charge is 0.352 e. The van der Waals surface area contributed by atoms with Crippen molar-refractivity contribution in [2.24, 2.45) is 0 Å². The second kappa shape index (κ2) is 9.62. The lowest BCUT2D eigenvalue weighted by atomic mass is 10.0. The molecule has 1 saturated heterocycles. The van der Waals surface area contributed by atoms with Gasteiger partial charge in [-0.3, -0.25) is 19.4 Å². The molecule has 6 heteroatoms. The van der Waals surface area contributed by atoms with Gasteiger partial charge in [-0.15, -0.1) is 0 Å². The highest BCUT2D eigenvalue weighted by Gasteiger charge is 2.33. The van der Waals surface area contributed by atoms with E-state index in [0.29, 0.717) is 12.6 Å². The Morgan fingerprint density at radius 2 is 1.68 bits per heavy atom. The molecule has 2 fully saturated rings. The van der Waals surface area contributed by atoms with Crippen LogP contribution in [0.4, 0.5) is 5.69 Å². The van der Waals surface area contributed by atoms with E-state index in [4.69, 9.17) is 0 Å². The molecule has 1 aliphatic carbocycles. The summed E-state index contributed by atoms with van der Waals surface area (Å²) in [5, 5.41) is 6.22. The van der Waals surface area contributed by atoms with Gasteiger partial charge in [0.25, 0.3) is 0 Å². The number of nitrogens with zero attached hydrogens (tertiary/aromatic N) is 2. The van der Waals surface area contributed by atoms with Crippen molar-refractivity contribution in [2.75, 3.05) is 38.0 Å². The van der Waals surface area contributed by atoms with Gasteiger partial charge in [0.05, 0.1) is 6.54 Å². The van der Waals surface area contributed by atoms with E-state index in [2.05, 4.69) is 20.4 Å². The third-order valence-electron chi connectivity index (χ3n) is 6.31. The average molecular weight is 421 g/mol. The van der Waals surface area contributed by atoms with E-state index >= 15 is 0 Å². The van der Waals surface area contributed by atoms with Gasteiger partial charge in [-0.2, -0.15) is 0 Å². The summed E-state index contributed by atoms with van der Waals surface area (Å²) in [5.41, 5.74) is 4.18. The van der Waals surface area contributed by atoms with Crippen molar-refractivity contribution >= 4 is 17.5 Å². The summed E-state index contributed by atoms with van der Waals surface area (Å²) in [6.45, 7) is 7.49. The Bertz CT molecular complexity index is 918. The first-order chi connectivity index (χ1) is 15.0. The van der Waals surface area contributed by atoms with E-state index < -0.39 is 0 Å². The first-order valence-corrected chi connectivity index (χ1v) is 11.2. The SMILES string of the molecule is Cc1cccc(NC(=O)CN2CCN([C@H](C(=O)NC3CC3)c3ccccc3)CC2)c1C. The van der Waals surface area contributed by atoms with Gasteiger partial charge in [-0.25, -0.2) is 0 Å². The fourth-order valence-corrected chi connectivity index (χ4v) is 4.13. The number of amides is 2. The van der Waals surface area contributed by atoms with Crippen LogP contribution in [0.2, 0.25) is 0 Å². The zero-order chi connectivity index (χ0) is 21.8. The summed E-state index contributed by atoms with van der Waals surface area (Å²) in [7, 11) is 0. The first-order valence-electron chi connectivity index (χ1n) is 11.2. The third kappa shape index (κ3) is 5.51. The van der Waals surface area contributed by atoms with E-state index in [9.17, 15) is 9.59 Å². The lowest BCUT2D eigenvalue weighted by Crippen LogP contribution is -2.52. The maximum absolute atomic E-state index is 13.0. The van der Waals surface area contributed by atoms with E-state index in [1.54, 1.807) is 0 Å². The highest BCUT2D eigenvalue weighted by atomic mass is 16.2. The predicted octanol–water partition coefficient (Wildman–Crippen LogP) is 2.88. The smallest absolute Gasteiger partial charge is 0.242 e. The Labute approximate surface area is 184 Å². The molecule has 2 aliphatic rings. The van der Waals surface area contributed by atoms with Gasteiger partial charge < -0.3 is 10.6 Å². The van der Waals surface area contributed by atoms with Gasteiger partial charge in [0.15, 0.2) is 0 Å². The molecule has 2 aromatic carbocycles. The summed E-state index contributed by atoms with van der Waals surface area (Å²) in [6, 6.07) is 16.0. The van der Waals surface area contributed by atoms with Gasteiger partial charge in [-0.05, 0) is 49.4 Å². The molecule has 1 saturated carbocycles. The number of hydrogen-bond donors (Lipinski definition) is 2. The summed E-state index contributed by atoms with van der Waals surface area (Å²) < 4.78 is 0. The Balaban J connectivity index is 1.34. The molecule has 0 radical (unpaired) electrons. The molecule has 2 N–H and O–H groups in total. The molecular formula is C25H32N4O2. The zero-order valence-electron chi connectivity index (χ0n) is 18.4. The molecule has 0 bridgehead atoms. The number of hydrogen-bond acceptors (Lipinski definition) is 4. The fourth-order valence-electron chi connectivity index (χ4n) is 4.13. The van der Waals surface area contributed by atoms with Crippen LogP contribution >= 0.6 is 0 Å². The number of benzene rings is 2. The molecule has 0 spiro atoms.